The van der Waals surface area contributed by atoms with Gasteiger partial charge in [0.2, 0.25) is 0 Å². The predicted molar refractivity (Wildman–Crippen MR) is 96.0 cm³/mol. The number of fused-ring (bicyclic) bond motifs is 2. The normalized spacial score (nSPS) is 12.4. The molecular formula is C20H17N3O2. The Labute approximate surface area is 144 Å². The van der Waals surface area contributed by atoms with Crippen LogP contribution in [0.3, 0.4) is 0 Å². The molecule has 25 heavy (non-hydrogen) atoms. The van der Waals surface area contributed by atoms with Crippen molar-refractivity contribution in [2.24, 2.45) is 0 Å². The van der Waals surface area contributed by atoms with E-state index in [0.29, 0.717) is 0 Å². The molecule has 0 N–H and O–H groups in total. The number of hydrogen-bond donors (Lipinski definition) is 0. The Kier molecular flexibility index (Phi) is 3.90. The number of nitrogens with zero attached hydrogens (tertiary/aromatic N) is 3. The fourth-order valence-corrected chi connectivity index (χ4v) is 2.92. The fourth-order valence-electron chi connectivity index (χ4n) is 2.92. The van der Waals surface area contributed by atoms with E-state index >= 15 is 0 Å². The van der Waals surface area contributed by atoms with Crippen LogP contribution in [0.1, 0.15) is 18.6 Å². The quantitative estimate of drug-likeness (QED) is 0.532. The molecule has 0 radical (unpaired) electrons. The molecule has 0 fully saturated rings. The molecule has 0 aliphatic heterocycles. The second kappa shape index (κ2) is 6.36. The molecule has 0 aliphatic rings. The summed E-state index contributed by atoms with van der Waals surface area (Å²) >= 11 is 0. The van der Waals surface area contributed by atoms with E-state index in [1.165, 1.54) is 5.39 Å². The van der Waals surface area contributed by atoms with Crippen LogP contribution in [-0.4, -0.2) is 21.0 Å². The molecule has 0 amide bonds. The minimum Gasteiger partial charge on any atom is -0.456 e. The highest BCUT2D eigenvalue weighted by Crippen LogP contribution is 2.23. The van der Waals surface area contributed by atoms with Crippen LogP contribution in [0.2, 0.25) is 0 Å². The first-order chi connectivity index (χ1) is 12.2. The number of esters is 1. The number of ether oxygens (including phenoxy) is 1. The summed E-state index contributed by atoms with van der Waals surface area (Å²) in [5, 5.41) is 10.4. The zero-order valence-electron chi connectivity index (χ0n) is 13.8. The molecule has 0 saturated heterocycles. The van der Waals surface area contributed by atoms with Crippen LogP contribution in [0.15, 0.2) is 66.7 Å². The Morgan fingerprint density at radius 2 is 1.80 bits per heavy atom. The second-order valence-corrected chi connectivity index (χ2v) is 5.97. The SMILES string of the molecule is CC(OC(=O)Cn1nnc2ccccc21)c1ccc2ccccc2c1. The van der Waals surface area contributed by atoms with Crippen LogP contribution in [0.5, 0.6) is 0 Å². The molecule has 0 saturated carbocycles. The minimum atomic E-state index is -0.337. The van der Waals surface area contributed by atoms with E-state index in [1.54, 1.807) is 4.68 Å². The van der Waals surface area contributed by atoms with Gasteiger partial charge in [0.1, 0.15) is 18.2 Å². The van der Waals surface area contributed by atoms with Gasteiger partial charge in [-0.05, 0) is 41.5 Å². The van der Waals surface area contributed by atoms with Gasteiger partial charge in [0.15, 0.2) is 0 Å². The molecule has 4 aromatic rings. The minimum absolute atomic E-state index is 0.0401. The summed E-state index contributed by atoms with van der Waals surface area (Å²) in [6, 6.07) is 21.7. The first-order valence-corrected chi connectivity index (χ1v) is 8.17. The number of carbonyl (C=O) groups is 1. The van der Waals surface area contributed by atoms with Crippen molar-refractivity contribution in [3.8, 4) is 0 Å². The molecule has 5 nitrogen and oxygen atoms in total. The summed E-state index contributed by atoms with van der Waals surface area (Å²) in [4.78, 5) is 12.3. The third-order valence-electron chi connectivity index (χ3n) is 4.25. The lowest BCUT2D eigenvalue weighted by Crippen LogP contribution is -2.16. The molecule has 4 rings (SSSR count). The van der Waals surface area contributed by atoms with Gasteiger partial charge in [-0.25, -0.2) is 4.68 Å². The highest BCUT2D eigenvalue weighted by molar-refractivity contribution is 5.83. The van der Waals surface area contributed by atoms with Crippen molar-refractivity contribution in [1.29, 1.82) is 0 Å². The van der Waals surface area contributed by atoms with E-state index < -0.39 is 0 Å². The van der Waals surface area contributed by atoms with Gasteiger partial charge in [-0.2, -0.15) is 0 Å². The Bertz CT molecular complexity index is 1050. The summed E-state index contributed by atoms with van der Waals surface area (Å²) in [6.07, 6.45) is -0.327. The van der Waals surface area contributed by atoms with Crippen molar-refractivity contribution in [2.45, 2.75) is 19.6 Å². The molecule has 3 aromatic carbocycles. The fraction of sp³-hybridized carbons (Fsp3) is 0.150. The number of carbonyl (C=O) groups excluding carboxylic acids is 1. The van der Waals surface area contributed by atoms with Gasteiger partial charge in [-0.3, -0.25) is 4.79 Å². The number of hydrogen-bond acceptors (Lipinski definition) is 4. The van der Waals surface area contributed by atoms with Gasteiger partial charge < -0.3 is 4.74 Å². The van der Waals surface area contributed by atoms with Crippen LogP contribution < -0.4 is 0 Å². The molecule has 124 valence electrons. The zero-order valence-corrected chi connectivity index (χ0v) is 13.8. The summed E-state index contributed by atoms with van der Waals surface area (Å²) in [5.74, 6) is -0.337. The van der Waals surface area contributed by atoms with Gasteiger partial charge in [-0.15, -0.1) is 5.10 Å². The maximum Gasteiger partial charge on any atom is 0.328 e. The molecule has 1 aromatic heterocycles. The summed E-state index contributed by atoms with van der Waals surface area (Å²) in [6.45, 7) is 1.92. The van der Waals surface area contributed by atoms with Crippen LogP contribution in [0.25, 0.3) is 21.8 Å². The summed E-state index contributed by atoms with van der Waals surface area (Å²) in [5.41, 5.74) is 2.55. The average Bonchev–Trinajstić information content (AvgIpc) is 3.04. The smallest absolute Gasteiger partial charge is 0.328 e. The van der Waals surface area contributed by atoms with E-state index in [2.05, 4.69) is 28.5 Å². The number of aromatic nitrogens is 3. The monoisotopic (exact) mass is 331 g/mol. The zero-order chi connectivity index (χ0) is 17.2. The van der Waals surface area contributed by atoms with E-state index in [-0.39, 0.29) is 18.6 Å². The summed E-state index contributed by atoms with van der Waals surface area (Å²) in [7, 11) is 0. The standard InChI is InChI=1S/C20H17N3O2/c1-14(16-11-10-15-6-2-3-7-17(15)12-16)25-20(24)13-23-19-9-5-4-8-18(19)21-22-23/h2-12,14H,13H2,1H3. The van der Waals surface area contributed by atoms with Crippen molar-refractivity contribution in [2.75, 3.05) is 0 Å². The number of para-hydroxylation sites is 1. The Balaban J connectivity index is 1.49. The first-order valence-electron chi connectivity index (χ1n) is 8.17. The second-order valence-electron chi connectivity index (χ2n) is 5.97. The molecule has 1 heterocycles. The third kappa shape index (κ3) is 3.08. The van der Waals surface area contributed by atoms with E-state index in [0.717, 1.165) is 22.0 Å². The van der Waals surface area contributed by atoms with Gasteiger partial charge in [0.25, 0.3) is 0 Å². The molecular weight excluding hydrogens is 314 g/mol. The van der Waals surface area contributed by atoms with E-state index in [9.17, 15) is 4.79 Å². The van der Waals surface area contributed by atoms with Crippen molar-refractivity contribution in [3.05, 3.63) is 72.3 Å². The van der Waals surface area contributed by atoms with Gasteiger partial charge in [0, 0.05) is 0 Å². The largest absolute Gasteiger partial charge is 0.456 e. The van der Waals surface area contributed by atoms with Crippen LogP contribution in [0.4, 0.5) is 0 Å². The lowest BCUT2D eigenvalue weighted by Gasteiger charge is -2.14. The van der Waals surface area contributed by atoms with Crippen molar-refractivity contribution < 1.29 is 9.53 Å². The Morgan fingerprint density at radius 3 is 2.68 bits per heavy atom. The molecule has 0 spiro atoms. The highest BCUT2D eigenvalue weighted by atomic mass is 16.5. The Hall–Kier alpha value is -3.21. The average molecular weight is 331 g/mol. The van der Waals surface area contributed by atoms with Crippen LogP contribution >= 0.6 is 0 Å². The topological polar surface area (TPSA) is 57.0 Å². The predicted octanol–water partition coefficient (Wildman–Crippen LogP) is 3.89. The summed E-state index contributed by atoms with van der Waals surface area (Å²) < 4.78 is 7.14. The van der Waals surface area contributed by atoms with Crippen molar-refractivity contribution in [1.82, 2.24) is 15.0 Å². The maximum atomic E-state index is 12.3. The molecule has 5 heteroatoms. The maximum absolute atomic E-state index is 12.3. The third-order valence-corrected chi connectivity index (χ3v) is 4.25. The molecule has 1 atom stereocenters. The van der Waals surface area contributed by atoms with Gasteiger partial charge >= 0.3 is 5.97 Å². The Morgan fingerprint density at radius 1 is 1.04 bits per heavy atom. The molecule has 1 unspecified atom stereocenters. The lowest BCUT2D eigenvalue weighted by molar-refractivity contribution is -0.149. The molecule has 0 aliphatic carbocycles. The number of rotatable bonds is 4. The van der Waals surface area contributed by atoms with Crippen molar-refractivity contribution >= 4 is 27.8 Å². The lowest BCUT2D eigenvalue weighted by atomic mass is 10.0. The van der Waals surface area contributed by atoms with Crippen LogP contribution in [-0.2, 0) is 16.1 Å². The number of benzene rings is 3. The van der Waals surface area contributed by atoms with Gasteiger partial charge in [-0.1, -0.05) is 53.7 Å². The van der Waals surface area contributed by atoms with E-state index in [1.807, 2.05) is 55.5 Å². The van der Waals surface area contributed by atoms with Gasteiger partial charge in [0.05, 0.1) is 5.52 Å². The van der Waals surface area contributed by atoms with Crippen LogP contribution in [0, 0.1) is 0 Å². The first kappa shape index (κ1) is 15.3. The van der Waals surface area contributed by atoms with E-state index in [4.69, 9.17) is 4.74 Å². The highest BCUT2D eigenvalue weighted by Gasteiger charge is 2.14. The van der Waals surface area contributed by atoms with Crippen molar-refractivity contribution in [3.63, 3.8) is 0 Å². The molecule has 0 bridgehead atoms.